The maximum absolute atomic E-state index is 13.1. The molecule has 1 fully saturated rings. The molecule has 0 radical (unpaired) electrons. The minimum absolute atomic E-state index is 0.0844. The summed E-state index contributed by atoms with van der Waals surface area (Å²) in [4.78, 5) is 15.1. The van der Waals surface area contributed by atoms with E-state index in [1.807, 2.05) is 36.9 Å². The quantitative estimate of drug-likeness (QED) is 0.910. The Balaban J connectivity index is 1.79. The van der Waals surface area contributed by atoms with Crippen LogP contribution in [0, 0.1) is 13.8 Å². The number of aromatic amines is 1. The summed E-state index contributed by atoms with van der Waals surface area (Å²) >= 11 is 0. The summed E-state index contributed by atoms with van der Waals surface area (Å²) in [5, 5.41) is 7.18. The molecule has 1 aliphatic heterocycles. The summed E-state index contributed by atoms with van der Waals surface area (Å²) in [6, 6.07) is 10.4. The highest BCUT2D eigenvalue weighted by Gasteiger charge is 2.34. The number of hydrogen-bond acceptors (Lipinski definition) is 3. The highest BCUT2D eigenvalue weighted by atomic mass is 16.5. The molecule has 3 rings (SSSR count). The molecule has 0 spiro atoms. The number of amides is 1. The van der Waals surface area contributed by atoms with Crippen LogP contribution in [0.4, 0.5) is 0 Å². The van der Waals surface area contributed by atoms with E-state index in [0.29, 0.717) is 6.42 Å². The molecule has 2 heterocycles. The number of likely N-dealkylation sites (tertiary alicyclic amines) is 1. The molecule has 1 aromatic carbocycles. The third-order valence-electron chi connectivity index (χ3n) is 5.24. The molecule has 5 heteroatoms. The second-order valence-electron chi connectivity index (χ2n) is 6.85. The van der Waals surface area contributed by atoms with Crippen LogP contribution in [0.25, 0.3) is 0 Å². The highest BCUT2D eigenvalue weighted by Crippen LogP contribution is 2.25. The number of nitrogens with one attached hydrogen (secondary N) is 1. The summed E-state index contributed by atoms with van der Waals surface area (Å²) in [6.45, 7) is 4.71. The number of aromatic nitrogens is 2. The van der Waals surface area contributed by atoms with Crippen LogP contribution in [0.1, 0.15) is 35.4 Å². The van der Waals surface area contributed by atoms with Crippen LogP contribution >= 0.6 is 0 Å². The minimum atomic E-state index is 0.0844. The van der Waals surface area contributed by atoms with Crippen molar-refractivity contribution in [3.05, 3.63) is 52.8 Å². The first-order valence-corrected chi connectivity index (χ1v) is 8.96. The Morgan fingerprint density at radius 1 is 1.32 bits per heavy atom. The number of ether oxygens (including phenoxy) is 1. The van der Waals surface area contributed by atoms with Crippen LogP contribution in [0.15, 0.2) is 30.3 Å². The lowest BCUT2D eigenvalue weighted by Crippen LogP contribution is -2.53. The largest absolute Gasteiger partial charge is 0.379 e. The van der Waals surface area contributed by atoms with Crippen molar-refractivity contribution in [3.63, 3.8) is 0 Å². The summed E-state index contributed by atoms with van der Waals surface area (Å²) < 4.78 is 5.73. The third-order valence-corrected chi connectivity index (χ3v) is 5.24. The van der Waals surface area contributed by atoms with E-state index in [1.54, 1.807) is 7.11 Å². The van der Waals surface area contributed by atoms with Gasteiger partial charge in [0.1, 0.15) is 0 Å². The molecule has 134 valence electrons. The molecule has 25 heavy (non-hydrogen) atoms. The monoisotopic (exact) mass is 341 g/mol. The fourth-order valence-electron chi connectivity index (χ4n) is 3.79. The fraction of sp³-hybridized carbons (Fsp3) is 0.500. The number of aryl methyl sites for hydroxylation is 2. The normalized spacial score (nSPS) is 20.7. The van der Waals surface area contributed by atoms with Gasteiger partial charge < -0.3 is 9.64 Å². The average Bonchev–Trinajstić information content (AvgIpc) is 2.94. The second-order valence-corrected chi connectivity index (χ2v) is 6.85. The molecule has 0 unspecified atom stereocenters. The lowest BCUT2D eigenvalue weighted by molar-refractivity contribution is -0.139. The Morgan fingerprint density at radius 3 is 2.72 bits per heavy atom. The van der Waals surface area contributed by atoms with Crippen LogP contribution in [-0.4, -0.2) is 46.8 Å². The molecule has 0 bridgehead atoms. The smallest absolute Gasteiger partial charge is 0.227 e. The van der Waals surface area contributed by atoms with Gasteiger partial charge in [-0.3, -0.25) is 9.89 Å². The van der Waals surface area contributed by atoms with Crippen molar-refractivity contribution in [2.24, 2.45) is 0 Å². The maximum atomic E-state index is 13.1. The van der Waals surface area contributed by atoms with Gasteiger partial charge in [0.05, 0.1) is 24.3 Å². The zero-order valence-electron chi connectivity index (χ0n) is 15.3. The summed E-state index contributed by atoms with van der Waals surface area (Å²) in [7, 11) is 1.75. The Bertz CT molecular complexity index is 691. The molecule has 0 aliphatic carbocycles. The predicted octanol–water partition coefficient (Wildman–Crippen LogP) is 2.82. The van der Waals surface area contributed by atoms with Crippen molar-refractivity contribution in [2.45, 2.75) is 51.7 Å². The van der Waals surface area contributed by atoms with Gasteiger partial charge in [-0.25, -0.2) is 0 Å². The Kier molecular flexibility index (Phi) is 5.53. The summed E-state index contributed by atoms with van der Waals surface area (Å²) in [5.41, 5.74) is 4.14. The molecular weight excluding hydrogens is 314 g/mol. The van der Waals surface area contributed by atoms with Crippen LogP contribution in [0.2, 0.25) is 0 Å². The zero-order chi connectivity index (χ0) is 17.8. The van der Waals surface area contributed by atoms with Crippen molar-refractivity contribution in [3.8, 4) is 0 Å². The first kappa shape index (κ1) is 17.7. The van der Waals surface area contributed by atoms with E-state index in [9.17, 15) is 4.79 Å². The van der Waals surface area contributed by atoms with E-state index in [0.717, 1.165) is 42.8 Å². The molecule has 1 saturated heterocycles. The topological polar surface area (TPSA) is 58.2 Å². The van der Waals surface area contributed by atoms with Crippen molar-refractivity contribution in [2.75, 3.05) is 13.7 Å². The van der Waals surface area contributed by atoms with Gasteiger partial charge in [-0.1, -0.05) is 30.3 Å². The van der Waals surface area contributed by atoms with E-state index < -0.39 is 0 Å². The first-order chi connectivity index (χ1) is 12.1. The molecule has 1 aromatic heterocycles. The number of hydrogen-bond donors (Lipinski definition) is 1. The molecule has 2 atom stereocenters. The third kappa shape index (κ3) is 3.93. The Labute approximate surface area is 149 Å². The minimum Gasteiger partial charge on any atom is -0.379 e. The molecule has 1 N–H and O–H groups in total. The number of piperidine rings is 1. The summed E-state index contributed by atoms with van der Waals surface area (Å²) in [6.07, 6.45) is 3.30. The van der Waals surface area contributed by atoms with Crippen molar-refractivity contribution in [1.29, 1.82) is 0 Å². The number of nitrogens with zero attached hydrogens (tertiary/aromatic N) is 2. The van der Waals surface area contributed by atoms with Gasteiger partial charge in [-0.15, -0.1) is 0 Å². The van der Waals surface area contributed by atoms with E-state index in [4.69, 9.17) is 4.74 Å². The van der Waals surface area contributed by atoms with Crippen molar-refractivity contribution < 1.29 is 9.53 Å². The van der Waals surface area contributed by atoms with Crippen LogP contribution in [0.3, 0.4) is 0 Å². The zero-order valence-corrected chi connectivity index (χ0v) is 15.3. The van der Waals surface area contributed by atoms with E-state index in [-0.39, 0.29) is 18.1 Å². The molecule has 0 saturated carbocycles. The van der Waals surface area contributed by atoms with Crippen LogP contribution in [-0.2, 0) is 22.4 Å². The van der Waals surface area contributed by atoms with Gasteiger partial charge in [0.25, 0.3) is 0 Å². The Morgan fingerprint density at radius 2 is 2.08 bits per heavy atom. The fourth-order valence-corrected chi connectivity index (χ4v) is 3.79. The molecule has 2 aromatic rings. The van der Waals surface area contributed by atoms with Gasteiger partial charge in [0.15, 0.2) is 0 Å². The van der Waals surface area contributed by atoms with E-state index in [1.165, 1.54) is 5.56 Å². The van der Waals surface area contributed by atoms with Crippen molar-refractivity contribution in [1.82, 2.24) is 15.1 Å². The Hall–Kier alpha value is -2.14. The second kappa shape index (κ2) is 7.83. The number of H-pyrrole nitrogens is 1. The van der Waals surface area contributed by atoms with Crippen LogP contribution < -0.4 is 0 Å². The van der Waals surface area contributed by atoms with Gasteiger partial charge in [0, 0.05) is 24.9 Å². The van der Waals surface area contributed by atoms with Crippen LogP contribution in [0.5, 0.6) is 0 Å². The van der Waals surface area contributed by atoms with Crippen molar-refractivity contribution >= 4 is 5.91 Å². The number of carbonyl (C=O) groups is 1. The number of benzene rings is 1. The van der Waals surface area contributed by atoms with E-state index in [2.05, 4.69) is 22.3 Å². The molecule has 1 amide bonds. The van der Waals surface area contributed by atoms with Gasteiger partial charge in [-0.2, -0.15) is 5.10 Å². The lowest BCUT2D eigenvalue weighted by atomic mass is 9.92. The number of carbonyl (C=O) groups excluding carboxylic acids is 1. The molecular formula is C20H27N3O2. The summed E-state index contributed by atoms with van der Waals surface area (Å²) in [5.74, 6) is 0.162. The van der Waals surface area contributed by atoms with Gasteiger partial charge >= 0.3 is 0 Å². The SMILES string of the molecule is CO[C@H]1CCCN(C(=O)Cc2c(C)n[nH]c2C)[C@H]1Cc1ccccc1. The molecule has 5 nitrogen and oxygen atoms in total. The lowest BCUT2D eigenvalue weighted by Gasteiger charge is -2.41. The maximum Gasteiger partial charge on any atom is 0.227 e. The van der Waals surface area contributed by atoms with Gasteiger partial charge in [0.2, 0.25) is 5.91 Å². The van der Waals surface area contributed by atoms with Gasteiger partial charge in [-0.05, 0) is 38.7 Å². The standard InChI is InChI=1S/C20H27N3O2/c1-14-17(15(2)22-21-14)13-20(24)23-11-7-10-19(25-3)18(23)12-16-8-5-4-6-9-16/h4-6,8-9,18-19H,7,10-13H2,1-3H3,(H,21,22)/t18-,19-/m0/s1. The average molecular weight is 341 g/mol. The highest BCUT2D eigenvalue weighted by molar-refractivity contribution is 5.79. The molecule has 1 aliphatic rings. The van der Waals surface area contributed by atoms with E-state index >= 15 is 0 Å². The number of methoxy groups -OCH3 is 1. The first-order valence-electron chi connectivity index (χ1n) is 8.96. The predicted molar refractivity (Wildman–Crippen MR) is 97.4 cm³/mol. The number of rotatable bonds is 5.